The molecule has 0 aliphatic carbocycles. The van der Waals surface area contributed by atoms with Crippen molar-refractivity contribution in [2.24, 2.45) is 11.8 Å². The van der Waals surface area contributed by atoms with E-state index in [4.69, 9.17) is 9.47 Å². The summed E-state index contributed by atoms with van der Waals surface area (Å²) in [6, 6.07) is 5.63. The maximum Gasteiger partial charge on any atom is 0.276 e. The summed E-state index contributed by atoms with van der Waals surface area (Å²) in [5.41, 5.74) is 1.97. The zero-order valence-corrected chi connectivity index (χ0v) is 14.6. The molecule has 26 heavy (non-hydrogen) atoms. The minimum Gasteiger partial charge on any atom is -0.486 e. The lowest BCUT2D eigenvalue weighted by Gasteiger charge is -2.19. The first-order valence-electron chi connectivity index (χ1n) is 9.03. The zero-order valence-electron chi connectivity index (χ0n) is 14.6. The molecule has 0 unspecified atom stereocenters. The molecule has 2 saturated heterocycles. The molecule has 0 bridgehead atoms. The summed E-state index contributed by atoms with van der Waals surface area (Å²) >= 11 is 0. The van der Waals surface area contributed by atoms with Crippen LogP contribution < -0.4 is 14.8 Å². The number of ether oxygens (including phenoxy) is 2. The summed E-state index contributed by atoms with van der Waals surface area (Å²) in [5.74, 6) is 2.52. The SMILES string of the molecule is Cc1c(C(=O)N2C[C@H]3CNC[C@H]3C2)nnn1-c1ccc2c(c1)OCCO2. The molecule has 0 spiro atoms. The molecule has 3 aliphatic rings. The van der Waals surface area contributed by atoms with E-state index in [9.17, 15) is 4.79 Å². The van der Waals surface area contributed by atoms with E-state index in [-0.39, 0.29) is 5.91 Å². The Bertz CT molecular complexity index is 853. The number of carbonyl (C=O) groups excluding carboxylic acids is 1. The summed E-state index contributed by atoms with van der Waals surface area (Å²) in [6.45, 7) is 6.56. The Morgan fingerprint density at radius 1 is 1.15 bits per heavy atom. The number of nitrogens with one attached hydrogen (secondary N) is 1. The fourth-order valence-electron chi connectivity index (χ4n) is 4.11. The molecular formula is C18H21N5O3. The molecular weight excluding hydrogens is 334 g/mol. The second-order valence-electron chi connectivity index (χ2n) is 7.15. The maximum absolute atomic E-state index is 12.9. The number of hydrogen-bond acceptors (Lipinski definition) is 6. The fourth-order valence-corrected chi connectivity index (χ4v) is 4.11. The molecule has 0 saturated carbocycles. The lowest BCUT2D eigenvalue weighted by atomic mass is 10.0. The third-order valence-corrected chi connectivity index (χ3v) is 5.54. The number of carbonyl (C=O) groups is 1. The van der Waals surface area contributed by atoms with Gasteiger partial charge in [0.15, 0.2) is 17.2 Å². The van der Waals surface area contributed by atoms with Gasteiger partial charge in [-0.3, -0.25) is 4.79 Å². The van der Waals surface area contributed by atoms with Crippen molar-refractivity contribution >= 4 is 5.91 Å². The maximum atomic E-state index is 12.9. The van der Waals surface area contributed by atoms with Crippen LogP contribution in [0.25, 0.3) is 5.69 Å². The molecule has 0 radical (unpaired) electrons. The van der Waals surface area contributed by atoms with Gasteiger partial charge >= 0.3 is 0 Å². The Morgan fingerprint density at radius 2 is 1.88 bits per heavy atom. The summed E-state index contributed by atoms with van der Waals surface area (Å²) in [7, 11) is 0. The van der Waals surface area contributed by atoms with Crippen LogP contribution >= 0.6 is 0 Å². The average molecular weight is 355 g/mol. The lowest BCUT2D eigenvalue weighted by molar-refractivity contribution is 0.0775. The molecule has 8 nitrogen and oxygen atoms in total. The van der Waals surface area contributed by atoms with Crippen molar-refractivity contribution in [3.63, 3.8) is 0 Å². The van der Waals surface area contributed by atoms with Crippen LogP contribution in [0.4, 0.5) is 0 Å². The second kappa shape index (κ2) is 5.98. The van der Waals surface area contributed by atoms with E-state index in [0.717, 1.165) is 43.3 Å². The van der Waals surface area contributed by atoms with Gasteiger partial charge in [-0.2, -0.15) is 0 Å². The largest absolute Gasteiger partial charge is 0.486 e. The van der Waals surface area contributed by atoms with E-state index in [0.29, 0.717) is 36.5 Å². The predicted molar refractivity (Wildman–Crippen MR) is 92.8 cm³/mol. The number of nitrogens with zero attached hydrogens (tertiary/aromatic N) is 4. The minimum absolute atomic E-state index is 0.0271. The van der Waals surface area contributed by atoms with E-state index >= 15 is 0 Å². The highest BCUT2D eigenvalue weighted by atomic mass is 16.6. The topological polar surface area (TPSA) is 81.5 Å². The van der Waals surface area contributed by atoms with Gasteiger partial charge in [-0.1, -0.05) is 5.21 Å². The van der Waals surface area contributed by atoms with Crippen LogP contribution in [0, 0.1) is 18.8 Å². The quantitative estimate of drug-likeness (QED) is 0.851. The highest BCUT2D eigenvalue weighted by molar-refractivity contribution is 5.93. The van der Waals surface area contributed by atoms with Crippen molar-refractivity contribution in [3.8, 4) is 17.2 Å². The Balaban J connectivity index is 1.41. The molecule has 8 heteroatoms. The normalized spacial score (nSPS) is 24.0. The smallest absolute Gasteiger partial charge is 0.276 e. The third kappa shape index (κ3) is 2.44. The number of likely N-dealkylation sites (tertiary alicyclic amines) is 1. The first-order chi connectivity index (χ1) is 12.7. The molecule has 136 valence electrons. The standard InChI is InChI=1S/C18H21N5O3/c1-11-17(18(24)22-9-12-7-19-8-13(12)10-22)20-21-23(11)14-2-3-15-16(6-14)26-5-4-25-15/h2-3,6,12-13,19H,4-5,7-10H2,1H3/t12-,13+. The number of fused-ring (bicyclic) bond motifs is 2. The Kier molecular flexibility index (Phi) is 3.59. The van der Waals surface area contributed by atoms with E-state index in [1.807, 2.05) is 30.0 Å². The summed E-state index contributed by atoms with van der Waals surface area (Å²) < 4.78 is 12.9. The molecule has 5 rings (SSSR count). The minimum atomic E-state index is -0.0271. The van der Waals surface area contributed by atoms with Crippen LogP contribution in [0.1, 0.15) is 16.2 Å². The zero-order chi connectivity index (χ0) is 17.7. The van der Waals surface area contributed by atoms with Crippen LogP contribution in [-0.4, -0.2) is 65.2 Å². The number of hydrogen-bond donors (Lipinski definition) is 1. The molecule has 1 amide bonds. The van der Waals surface area contributed by atoms with Crippen LogP contribution in [0.15, 0.2) is 18.2 Å². The van der Waals surface area contributed by atoms with Crippen molar-refractivity contribution in [1.82, 2.24) is 25.2 Å². The van der Waals surface area contributed by atoms with Crippen molar-refractivity contribution in [3.05, 3.63) is 29.6 Å². The number of amides is 1. The van der Waals surface area contributed by atoms with Gasteiger partial charge in [0.25, 0.3) is 5.91 Å². The van der Waals surface area contributed by atoms with E-state index in [1.165, 1.54) is 0 Å². The Labute approximate surface area is 151 Å². The van der Waals surface area contributed by atoms with Crippen LogP contribution in [0.3, 0.4) is 0 Å². The number of aromatic nitrogens is 3. The van der Waals surface area contributed by atoms with Crippen LogP contribution in [0.5, 0.6) is 11.5 Å². The first-order valence-corrected chi connectivity index (χ1v) is 9.03. The summed E-state index contributed by atoms with van der Waals surface area (Å²) in [5, 5.41) is 11.8. The van der Waals surface area contributed by atoms with Gasteiger partial charge < -0.3 is 19.7 Å². The van der Waals surface area contributed by atoms with Crippen molar-refractivity contribution in [2.75, 3.05) is 39.4 Å². The van der Waals surface area contributed by atoms with Crippen molar-refractivity contribution < 1.29 is 14.3 Å². The number of rotatable bonds is 2. The highest BCUT2D eigenvalue weighted by Gasteiger charge is 2.39. The monoisotopic (exact) mass is 355 g/mol. The van der Waals surface area contributed by atoms with E-state index in [2.05, 4.69) is 15.6 Å². The van der Waals surface area contributed by atoms with Gasteiger partial charge in [-0.25, -0.2) is 4.68 Å². The van der Waals surface area contributed by atoms with E-state index in [1.54, 1.807) is 4.68 Å². The molecule has 1 aromatic carbocycles. The number of benzene rings is 1. The third-order valence-electron chi connectivity index (χ3n) is 5.54. The average Bonchev–Trinajstić information content (AvgIpc) is 3.35. The molecule has 2 fully saturated rings. The van der Waals surface area contributed by atoms with Gasteiger partial charge in [-0.15, -0.1) is 5.10 Å². The van der Waals surface area contributed by atoms with Crippen molar-refractivity contribution in [1.29, 1.82) is 0 Å². The van der Waals surface area contributed by atoms with Gasteiger partial charge in [0, 0.05) is 32.2 Å². The Hall–Kier alpha value is -2.61. The molecule has 2 aromatic rings. The van der Waals surface area contributed by atoms with Crippen LogP contribution in [0.2, 0.25) is 0 Å². The molecule has 2 atom stereocenters. The second-order valence-corrected chi connectivity index (χ2v) is 7.15. The molecule has 3 aliphatic heterocycles. The summed E-state index contributed by atoms with van der Waals surface area (Å²) in [6.07, 6.45) is 0. The predicted octanol–water partition coefficient (Wildman–Crippen LogP) is 0.638. The van der Waals surface area contributed by atoms with Gasteiger partial charge in [0.2, 0.25) is 0 Å². The van der Waals surface area contributed by atoms with Gasteiger partial charge in [-0.05, 0) is 30.9 Å². The van der Waals surface area contributed by atoms with Crippen LogP contribution in [-0.2, 0) is 0 Å². The molecule has 4 heterocycles. The Morgan fingerprint density at radius 3 is 2.65 bits per heavy atom. The van der Waals surface area contributed by atoms with Gasteiger partial charge in [0.05, 0.1) is 11.4 Å². The molecule has 1 N–H and O–H groups in total. The molecule has 1 aromatic heterocycles. The first kappa shape index (κ1) is 15.6. The fraction of sp³-hybridized carbons (Fsp3) is 0.500. The van der Waals surface area contributed by atoms with Crippen molar-refractivity contribution in [2.45, 2.75) is 6.92 Å². The van der Waals surface area contributed by atoms with E-state index < -0.39 is 0 Å². The van der Waals surface area contributed by atoms with Gasteiger partial charge in [0.1, 0.15) is 13.2 Å². The lowest BCUT2D eigenvalue weighted by Crippen LogP contribution is -2.32. The summed E-state index contributed by atoms with van der Waals surface area (Å²) in [4.78, 5) is 14.8. The highest BCUT2D eigenvalue weighted by Crippen LogP contribution is 2.32.